The lowest BCUT2D eigenvalue weighted by Crippen LogP contribution is -2.45. The molecule has 2 aliphatic heterocycles. The highest BCUT2D eigenvalue weighted by Gasteiger charge is 2.49. The SMILES string of the molecule is Cc1noc(C2CC3(CCN(C(=O)C4CC4)CC3)CN2CC(=O)Nc2ccccc2C)n1. The highest BCUT2D eigenvalue weighted by Crippen LogP contribution is 2.49. The minimum atomic E-state index is -0.0792. The van der Waals surface area contributed by atoms with Crippen molar-refractivity contribution in [1.29, 1.82) is 0 Å². The van der Waals surface area contributed by atoms with E-state index in [-0.39, 0.29) is 29.8 Å². The summed E-state index contributed by atoms with van der Waals surface area (Å²) in [6, 6.07) is 7.72. The number of rotatable bonds is 5. The molecule has 2 saturated heterocycles. The number of anilines is 1. The molecule has 1 spiro atoms. The molecule has 1 atom stereocenters. The van der Waals surface area contributed by atoms with Crippen LogP contribution in [0.2, 0.25) is 0 Å². The zero-order valence-corrected chi connectivity index (χ0v) is 18.8. The molecule has 0 bridgehead atoms. The number of benzene rings is 1. The quantitative estimate of drug-likeness (QED) is 0.773. The first kappa shape index (κ1) is 21.1. The van der Waals surface area contributed by atoms with E-state index in [1.54, 1.807) is 0 Å². The van der Waals surface area contributed by atoms with E-state index in [2.05, 4.69) is 20.4 Å². The number of carbonyl (C=O) groups excluding carboxylic acids is 2. The topological polar surface area (TPSA) is 91.6 Å². The van der Waals surface area contributed by atoms with Crippen molar-refractivity contribution in [3.8, 4) is 0 Å². The Morgan fingerprint density at radius 3 is 2.59 bits per heavy atom. The summed E-state index contributed by atoms with van der Waals surface area (Å²) in [5, 5.41) is 7.03. The van der Waals surface area contributed by atoms with Crippen LogP contribution >= 0.6 is 0 Å². The number of aromatic nitrogens is 2. The monoisotopic (exact) mass is 437 g/mol. The van der Waals surface area contributed by atoms with Crippen molar-refractivity contribution in [2.75, 3.05) is 31.5 Å². The molecule has 1 aromatic heterocycles. The molecule has 5 rings (SSSR count). The number of carbonyl (C=O) groups is 2. The van der Waals surface area contributed by atoms with E-state index in [1.165, 1.54) is 0 Å². The van der Waals surface area contributed by atoms with Crippen LogP contribution in [0.3, 0.4) is 0 Å². The number of likely N-dealkylation sites (tertiary alicyclic amines) is 2. The first-order valence-electron chi connectivity index (χ1n) is 11.6. The Morgan fingerprint density at radius 1 is 1.19 bits per heavy atom. The van der Waals surface area contributed by atoms with Gasteiger partial charge in [-0.15, -0.1) is 0 Å². The first-order valence-corrected chi connectivity index (χ1v) is 11.6. The van der Waals surface area contributed by atoms with Gasteiger partial charge in [0.2, 0.25) is 17.7 Å². The van der Waals surface area contributed by atoms with Gasteiger partial charge in [-0.05, 0) is 63.0 Å². The van der Waals surface area contributed by atoms with E-state index >= 15 is 0 Å². The summed E-state index contributed by atoms with van der Waals surface area (Å²) in [4.78, 5) is 34.1. The molecule has 1 saturated carbocycles. The van der Waals surface area contributed by atoms with Gasteiger partial charge in [-0.2, -0.15) is 4.98 Å². The van der Waals surface area contributed by atoms with E-state index < -0.39 is 0 Å². The van der Waals surface area contributed by atoms with Crippen LogP contribution < -0.4 is 5.32 Å². The van der Waals surface area contributed by atoms with Gasteiger partial charge in [-0.3, -0.25) is 14.5 Å². The Kier molecular flexibility index (Phi) is 5.49. The molecular formula is C24H31N5O3. The Bertz CT molecular complexity index is 1010. The molecule has 3 aliphatic rings. The number of hydrogen-bond acceptors (Lipinski definition) is 6. The maximum atomic E-state index is 12.9. The summed E-state index contributed by atoms with van der Waals surface area (Å²) in [6.07, 6.45) is 4.86. The summed E-state index contributed by atoms with van der Waals surface area (Å²) in [6.45, 7) is 6.47. The largest absolute Gasteiger partial charge is 0.342 e. The fourth-order valence-electron chi connectivity index (χ4n) is 5.24. The number of hydrogen-bond donors (Lipinski definition) is 1. The molecule has 1 aromatic carbocycles. The molecule has 32 heavy (non-hydrogen) atoms. The Balaban J connectivity index is 1.29. The molecular weight excluding hydrogens is 406 g/mol. The van der Waals surface area contributed by atoms with E-state index in [9.17, 15) is 9.59 Å². The highest BCUT2D eigenvalue weighted by molar-refractivity contribution is 5.93. The van der Waals surface area contributed by atoms with Crippen LogP contribution in [-0.4, -0.2) is 57.9 Å². The summed E-state index contributed by atoms with van der Waals surface area (Å²) >= 11 is 0. The molecule has 0 radical (unpaired) electrons. The number of nitrogens with one attached hydrogen (secondary N) is 1. The van der Waals surface area contributed by atoms with Crippen molar-refractivity contribution in [3.63, 3.8) is 0 Å². The normalized spacial score (nSPS) is 22.9. The average molecular weight is 438 g/mol. The van der Waals surface area contributed by atoms with Crippen LogP contribution in [0.1, 0.15) is 55.4 Å². The second kappa shape index (κ2) is 8.31. The van der Waals surface area contributed by atoms with Crippen molar-refractivity contribution < 1.29 is 14.1 Å². The van der Waals surface area contributed by atoms with Crippen LogP contribution in [0.5, 0.6) is 0 Å². The fraction of sp³-hybridized carbons (Fsp3) is 0.583. The Hall–Kier alpha value is -2.74. The number of aryl methyl sites for hydroxylation is 2. The minimum absolute atomic E-state index is 0.0427. The van der Waals surface area contributed by atoms with Crippen LogP contribution in [-0.2, 0) is 9.59 Å². The Labute approximate surface area is 188 Å². The molecule has 3 heterocycles. The maximum Gasteiger partial charge on any atom is 0.244 e. The number of piperidine rings is 1. The second-order valence-electron chi connectivity index (χ2n) is 9.77. The average Bonchev–Trinajstić information content (AvgIpc) is 3.45. The van der Waals surface area contributed by atoms with Gasteiger partial charge in [0.15, 0.2) is 5.82 Å². The highest BCUT2D eigenvalue weighted by atomic mass is 16.5. The first-order chi connectivity index (χ1) is 15.4. The van der Waals surface area contributed by atoms with Gasteiger partial charge in [0.05, 0.1) is 12.6 Å². The van der Waals surface area contributed by atoms with Gasteiger partial charge in [0.1, 0.15) is 0 Å². The van der Waals surface area contributed by atoms with E-state index in [0.717, 1.165) is 63.0 Å². The standard InChI is InChI=1S/C24H31N5O3/c1-16-5-3-4-6-19(16)26-21(30)14-29-15-24(13-20(29)22-25-17(2)27-32-22)9-11-28(12-10-24)23(31)18-7-8-18/h3-6,18,20H,7-15H2,1-2H3,(H,26,30). The molecule has 1 aliphatic carbocycles. The van der Waals surface area contributed by atoms with Crippen molar-refractivity contribution in [3.05, 3.63) is 41.5 Å². The van der Waals surface area contributed by atoms with Crippen LogP contribution in [0.25, 0.3) is 0 Å². The summed E-state index contributed by atoms with van der Waals surface area (Å²) in [7, 11) is 0. The third kappa shape index (κ3) is 4.28. The van der Waals surface area contributed by atoms with E-state index in [1.807, 2.05) is 43.0 Å². The lowest BCUT2D eigenvalue weighted by molar-refractivity contribution is -0.134. The zero-order chi connectivity index (χ0) is 22.3. The molecule has 1 unspecified atom stereocenters. The van der Waals surface area contributed by atoms with Crippen molar-refractivity contribution >= 4 is 17.5 Å². The number of amides is 2. The summed E-state index contributed by atoms with van der Waals surface area (Å²) < 4.78 is 5.53. The van der Waals surface area contributed by atoms with Crippen molar-refractivity contribution in [1.82, 2.24) is 19.9 Å². The molecule has 2 amide bonds. The van der Waals surface area contributed by atoms with Crippen LogP contribution in [0, 0.1) is 25.2 Å². The number of para-hydroxylation sites is 1. The summed E-state index contributed by atoms with van der Waals surface area (Å²) in [5.74, 6) is 1.74. The van der Waals surface area contributed by atoms with Gasteiger partial charge in [-0.1, -0.05) is 23.4 Å². The number of nitrogens with zero attached hydrogens (tertiary/aromatic N) is 4. The molecule has 170 valence electrons. The molecule has 1 N–H and O–H groups in total. The Morgan fingerprint density at radius 2 is 1.94 bits per heavy atom. The predicted octanol–water partition coefficient (Wildman–Crippen LogP) is 3.09. The molecule has 3 fully saturated rings. The maximum absolute atomic E-state index is 12.9. The van der Waals surface area contributed by atoms with Crippen LogP contribution in [0.4, 0.5) is 5.69 Å². The van der Waals surface area contributed by atoms with Crippen molar-refractivity contribution in [2.45, 2.75) is 52.0 Å². The third-order valence-corrected chi connectivity index (χ3v) is 7.26. The third-order valence-electron chi connectivity index (χ3n) is 7.26. The van der Waals surface area contributed by atoms with E-state index in [0.29, 0.717) is 17.6 Å². The molecule has 8 heteroatoms. The second-order valence-corrected chi connectivity index (χ2v) is 9.77. The van der Waals surface area contributed by atoms with Gasteiger partial charge in [0, 0.05) is 31.2 Å². The smallest absolute Gasteiger partial charge is 0.244 e. The predicted molar refractivity (Wildman–Crippen MR) is 119 cm³/mol. The lowest BCUT2D eigenvalue weighted by atomic mass is 9.76. The van der Waals surface area contributed by atoms with Gasteiger partial charge < -0.3 is 14.7 Å². The summed E-state index contributed by atoms with van der Waals surface area (Å²) in [5.41, 5.74) is 1.94. The lowest BCUT2D eigenvalue weighted by Gasteiger charge is -2.39. The van der Waals surface area contributed by atoms with Crippen molar-refractivity contribution in [2.24, 2.45) is 11.3 Å². The van der Waals surface area contributed by atoms with Crippen LogP contribution in [0.15, 0.2) is 28.8 Å². The van der Waals surface area contributed by atoms with E-state index in [4.69, 9.17) is 4.52 Å². The van der Waals surface area contributed by atoms with Gasteiger partial charge >= 0.3 is 0 Å². The van der Waals surface area contributed by atoms with Gasteiger partial charge in [-0.25, -0.2) is 0 Å². The van der Waals surface area contributed by atoms with Gasteiger partial charge in [0.25, 0.3) is 0 Å². The molecule has 2 aromatic rings. The minimum Gasteiger partial charge on any atom is -0.342 e. The zero-order valence-electron chi connectivity index (χ0n) is 18.8. The molecule has 8 nitrogen and oxygen atoms in total. The fourth-order valence-corrected chi connectivity index (χ4v) is 5.24.